The summed E-state index contributed by atoms with van der Waals surface area (Å²) in [5.74, 6) is 0.540. The lowest BCUT2D eigenvalue weighted by Crippen LogP contribution is -2.25. The quantitative estimate of drug-likeness (QED) is 0.880. The topological polar surface area (TPSA) is 60.2 Å². The molecular weight excluding hydrogens is 261 g/mol. The molecule has 0 saturated carbocycles. The molecule has 108 valence electrons. The fourth-order valence-corrected chi connectivity index (χ4v) is 1.81. The Morgan fingerprint density at radius 3 is 2.85 bits per heavy atom. The van der Waals surface area contributed by atoms with Crippen molar-refractivity contribution in [2.45, 2.75) is 26.3 Å². The molecule has 6 heteroatoms. The largest absolute Gasteiger partial charge is 0.496 e. The maximum Gasteiger partial charge on any atom is 0.254 e. The fourth-order valence-electron chi connectivity index (χ4n) is 1.81. The molecule has 0 bridgehead atoms. The third kappa shape index (κ3) is 3.33. The first-order valence-corrected chi connectivity index (χ1v) is 6.50. The van der Waals surface area contributed by atoms with Gasteiger partial charge in [-0.25, -0.2) is 4.39 Å². The van der Waals surface area contributed by atoms with Crippen molar-refractivity contribution in [3.63, 3.8) is 0 Å². The van der Waals surface area contributed by atoms with Crippen LogP contribution in [-0.2, 0) is 6.42 Å². The molecule has 0 atom stereocenters. The number of ether oxygens (including phenoxy) is 1. The first kappa shape index (κ1) is 14.5. The number of halogens is 1. The van der Waals surface area contributed by atoms with Crippen molar-refractivity contribution < 1.29 is 13.5 Å². The Morgan fingerprint density at radius 2 is 2.15 bits per heavy atom. The lowest BCUT2D eigenvalue weighted by molar-refractivity contribution is 0.409. The van der Waals surface area contributed by atoms with Gasteiger partial charge < -0.3 is 14.5 Å². The average Bonchev–Trinajstić information content (AvgIpc) is 2.86. The molecule has 2 aromatic rings. The number of hydrogen-bond donors (Lipinski definition) is 1. The molecule has 5 nitrogen and oxygen atoms in total. The smallest absolute Gasteiger partial charge is 0.254 e. The number of nitrogens with one attached hydrogen (secondary N) is 1. The van der Waals surface area contributed by atoms with Gasteiger partial charge in [-0.1, -0.05) is 19.9 Å². The first-order chi connectivity index (χ1) is 9.61. The van der Waals surface area contributed by atoms with Crippen molar-refractivity contribution in [1.29, 1.82) is 0 Å². The molecule has 1 aromatic carbocycles. The van der Waals surface area contributed by atoms with E-state index >= 15 is 0 Å². The molecule has 1 N–H and O–H groups in total. The van der Waals surface area contributed by atoms with Gasteiger partial charge in [-0.2, -0.15) is 0 Å². The van der Waals surface area contributed by atoms with Crippen LogP contribution < -0.4 is 10.1 Å². The minimum Gasteiger partial charge on any atom is -0.496 e. The van der Waals surface area contributed by atoms with Gasteiger partial charge in [0.25, 0.3) is 5.89 Å². The van der Waals surface area contributed by atoms with Gasteiger partial charge in [-0.05, 0) is 12.1 Å². The van der Waals surface area contributed by atoms with Crippen LogP contribution in [0.4, 0.5) is 4.39 Å². The van der Waals surface area contributed by atoms with E-state index in [1.807, 2.05) is 0 Å². The lowest BCUT2D eigenvalue weighted by Gasteiger charge is -2.06. The summed E-state index contributed by atoms with van der Waals surface area (Å²) in [6.45, 7) is 4.85. The molecule has 2 rings (SSSR count). The van der Waals surface area contributed by atoms with Gasteiger partial charge >= 0.3 is 0 Å². The Balaban J connectivity index is 2.16. The Hall–Kier alpha value is -1.95. The number of nitrogens with zero attached hydrogens (tertiary/aromatic N) is 2. The predicted octanol–water partition coefficient (Wildman–Crippen LogP) is 2.42. The van der Waals surface area contributed by atoms with E-state index in [2.05, 4.69) is 29.4 Å². The number of benzene rings is 1. The van der Waals surface area contributed by atoms with Crippen LogP contribution in [0.2, 0.25) is 0 Å². The maximum atomic E-state index is 13.9. The Morgan fingerprint density at radius 1 is 1.35 bits per heavy atom. The molecule has 0 aliphatic carbocycles. The van der Waals surface area contributed by atoms with Crippen molar-refractivity contribution in [3.05, 3.63) is 29.9 Å². The zero-order chi connectivity index (χ0) is 14.5. The molecular formula is C14H18FN3O2. The van der Waals surface area contributed by atoms with Crippen LogP contribution in [0.1, 0.15) is 19.7 Å². The van der Waals surface area contributed by atoms with Gasteiger partial charge in [-0.15, -0.1) is 10.2 Å². The molecule has 0 aliphatic heterocycles. The fraction of sp³-hybridized carbons (Fsp3) is 0.429. The van der Waals surface area contributed by atoms with Gasteiger partial charge in [0.15, 0.2) is 0 Å². The Bertz CT molecular complexity index is 569. The summed E-state index contributed by atoms with van der Waals surface area (Å²) < 4.78 is 24.5. The number of hydrogen-bond acceptors (Lipinski definition) is 5. The van der Waals surface area contributed by atoms with Crippen LogP contribution in [0.5, 0.6) is 5.75 Å². The summed E-state index contributed by atoms with van der Waals surface area (Å²) in [6, 6.07) is 4.95. The summed E-state index contributed by atoms with van der Waals surface area (Å²) >= 11 is 0. The van der Waals surface area contributed by atoms with E-state index in [4.69, 9.17) is 9.15 Å². The van der Waals surface area contributed by atoms with Gasteiger partial charge in [0.1, 0.15) is 17.1 Å². The van der Waals surface area contributed by atoms with Crippen molar-refractivity contribution in [1.82, 2.24) is 15.5 Å². The molecule has 0 fully saturated rings. The van der Waals surface area contributed by atoms with Crippen LogP contribution >= 0.6 is 0 Å². The first-order valence-electron chi connectivity index (χ1n) is 6.50. The zero-order valence-corrected chi connectivity index (χ0v) is 11.8. The summed E-state index contributed by atoms with van der Waals surface area (Å²) in [7, 11) is 1.47. The summed E-state index contributed by atoms with van der Waals surface area (Å²) in [6.07, 6.45) is 0.599. The average molecular weight is 279 g/mol. The van der Waals surface area contributed by atoms with Crippen molar-refractivity contribution >= 4 is 0 Å². The van der Waals surface area contributed by atoms with E-state index in [1.54, 1.807) is 12.1 Å². The molecule has 1 aromatic heterocycles. The normalized spacial score (nSPS) is 11.1. The van der Waals surface area contributed by atoms with E-state index in [-0.39, 0.29) is 11.5 Å². The summed E-state index contributed by atoms with van der Waals surface area (Å²) in [4.78, 5) is 0. The summed E-state index contributed by atoms with van der Waals surface area (Å²) in [5.41, 5.74) is 0.200. The SMILES string of the molecule is COc1cccc(F)c1-c1nnc(CCNC(C)C)o1. The van der Waals surface area contributed by atoms with E-state index < -0.39 is 5.82 Å². The molecule has 20 heavy (non-hydrogen) atoms. The molecule has 0 radical (unpaired) electrons. The van der Waals surface area contributed by atoms with E-state index in [0.29, 0.717) is 24.1 Å². The van der Waals surface area contributed by atoms with Crippen molar-refractivity contribution in [2.24, 2.45) is 0 Å². The second kappa shape index (κ2) is 6.47. The molecule has 0 amide bonds. The third-order valence-corrected chi connectivity index (χ3v) is 2.77. The molecule has 0 unspecified atom stereocenters. The summed E-state index contributed by atoms with van der Waals surface area (Å²) in [5, 5.41) is 11.1. The molecule has 0 spiro atoms. The number of methoxy groups -OCH3 is 1. The molecule has 0 aliphatic rings. The Kier molecular flexibility index (Phi) is 4.68. The standard InChI is InChI=1S/C14H18FN3O2/c1-9(2)16-8-7-12-17-18-14(20-12)13-10(15)5-4-6-11(13)19-3/h4-6,9,16H,7-8H2,1-3H3. The van der Waals surface area contributed by atoms with Crippen LogP contribution in [0, 0.1) is 5.82 Å². The zero-order valence-electron chi connectivity index (χ0n) is 11.8. The highest BCUT2D eigenvalue weighted by Crippen LogP contribution is 2.31. The van der Waals surface area contributed by atoms with Gasteiger partial charge in [0.2, 0.25) is 5.89 Å². The van der Waals surface area contributed by atoms with Crippen LogP contribution in [-0.4, -0.2) is 29.9 Å². The van der Waals surface area contributed by atoms with E-state index in [0.717, 1.165) is 6.54 Å². The number of rotatable bonds is 6. The van der Waals surface area contributed by atoms with Crippen LogP contribution in [0.3, 0.4) is 0 Å². The third-order valence-electron chi connectivity index (χ3n) is 2.77. The monoisotopic (exact) mass is 279 g/mol. The highest BCUT2D eigenvalue weighted by molar-refractivity contribution is 5.63. The minimum atomic E-state index is -0.445. The van der Waals surface area contributed by atoms with Crippen LogP contribution in [0.25, 0.3) is 11.5 Å². The van der Waals surface area contributed by atoms with Gasteiger partial charge in [0.05, 0.1) is 7.11 Å². The van der Waals surface area contributed by atoms with E-state index in [9.17, 15) is 4.39 Å². The second-order valence-corrected chi connectivity index (χ2v) is 4.68. The Labute approximate surface area is 117 Å². The predicted molar refractivity (Wildman–Crippen MR) is 73.1 cm³/mol. The van der Waals surface area contributed by atoms with Gasteiger partial charge in [-0.3, -0.25) is 0 Å². The van der Waals surface area contributed by atoms with Crippen LogP contribution in [0.15, 0.2) is 22.6 Å². The molecule has 0 saturated heterocycles. The lowest BCUT2D eigenvalue weighted by atomic mass is 10.2. The van der Waals surface area contributed by atoms with Gasteiger partial charge in [0, 0.05) is 19.0 Å². The maximum absolute atomic E-state index is 13.9. The molecule has 1 heterocycles. The highest BCUT2D eigenvalue weighted by atomic mass is 19.1. The van der Waals surface area contributed by atoms with Crippen molar-refractivity contribution in [3.8, 4) is 17.2 Å². The van der Waals surface area contributed by atoms with E-state index in [1.165, 1.54) is 13.2 Å². The minimum absolute atomic E-state index is 0.138. The highest BCUT2D eigenvalue weighted by Gasteiger charge is 2.17. The number of aromatic nitrogens is 2. The second-order valence-electron chi connectivity index (χ2n) is 4.68. The van der Waals surface area contributed by atoms with Crippen molar-refractivity contribution in [2.75, 3.05) is 13.7 Å².